The number of carbonyl (C=O) groups excluding carboxylic acids is 1. The second-order valence-corrected chi connectivity index (χ2v) is 11.7. The van der Waals surface area contributed by atoms with Crippen LogP contribution in [0.5, 0.6) is 0 Å². The van der Waals surface area contributed by atoms with E-state index in [1.807, 2.05) is 6.92 Å². The number of nitrogens with zero attached hydrogens (tertiary/aromatic N) is 1. The molecule has 4 bridgehead atoms. The van der Waals surface area contributed by atoms with Crippen LogP contribution in [-0.2, 0) is 14.8 Å². The molecule has 148 valence electrons. The summed E-state index contributed by atoms with van der Waals surface area (Å²) in [5.41, 5.74) is 0.0668. The van der Waals surface area contributed by atoms with Gasteiger partial charge in [-0.15, -0.1) is 0 Å². The molecule has 4 aliphatic carbocycles. The van der Waals surface area contributed by atoms with Crippen molar-refractivity contribution < 1.29 is 13.2 Å². The van der Waals surface area contributed by atoms with Crippen molar-refractivity contribution in [1.82, 2.24) is 9.62 Å². The monoisotopic (exact) mass is 382 g/mol. The fraction of sp³-hybridized carbons (Fsp3) is 0.950. The maximum absolute atomic E-state index is 12.7. The summed E-state index contributed by atoms with van der Waals surface area (Å²) in [6, 6.07) is 0. The van der Waals surface area contributed by atoms with Crippen molar-refractivity contribution in [1.29, 1.82) is 0 Å². The Morgan fingerprint density at radius 1 is 1.12 bits per heavy atom. The van der Waals surface area contributed by atoms with Gasteiger partial charge in [0.2, 0.25) is 15.9 Å². The van der Waals surface area contributed by atoms with Crippen molar-refractivity contribution in [3.63, 3.8) is 0 Å². The highest BCUT2D eigenvalue weighted by molar-refractivity contribution is 7.89. The number of nitrogens with one attached hydrogen (secondary N) is 1. The van der Waals surface area contributed by atoms with E-state index in [4.69, 9.17) is 0 Å². The van der Waals surface area contributed by atoms with E-state index in [9.17, 15) is 13.2 Å². The molecule has 1 amide bonds. The van der Waals surface area contributed by atoms with Crippen LogP contribution >= 0.6 is 0 Å². The molecule has 1 atom stereocenters. The van der Waals surface area contributed by atoms with Gasteiger partial charge in [-0.3, -0.25) is 4.79 Å². The molecule has 1 aliphatic heterocycles. The van der Waals surface area contributed by atoms with Gasteiger partial charge < -0.3 is 5.32 Å². The van der Waals surface area contributed by atoms with Crippen LogP contribution in [0.15, 0.2) is 0 Å². The van der Waals surface area contributed by atoms with E-state index >= 15 is 0 Å². The van der Waals surface area contributed by atoms with Crippen LogP contribution in [0.3, 0.4) is 0 Å². The summed E-state index contributed by atoms with van der Waals surface area (Å²) in [5, 5.41) is 3.43. The lowest BCUT2D eigenvalue weighted by atomic mass is 9.53. The van der Waals surface area contributed by atoms with Crippen molar-refractivity contribution in [2.45, 2.75) is 76.7 Å². The Hall–Kier alpha value is -0.620. The second-order valence-electron chi connectivity index (χ2n) is 9.63. The lowest BCUT2D eigenvalue weighted by Crippen LogP contribution is -2.60. The van der Waals surface area contributed by atoms with Crippen LogP contribution in [0, 0.1) is 23.7 Å². The molecule has 1 unspecified atom stereocenters. The zero-order valence-electron chi connectivity index (χ0n) is 16.1. The van der Waals surface area contributed by atoms with Gasteiger partial charge >= 0.3 is 0 Å². The van der Waals surface area contributed by atoms with Gasteiger partial charge in [0.15, 0.2) is 0 Å². The summed E-state index contributed by atoms with van der Waals surface area (Å²) in [4.78, 5) is 12.7. The summed E-state index contributed by atoms with van der Waals surface area (Å²) in [5.74, 6) is 3.06. The molecule has 0 radical (unpaired) electrons. The number of carbonyl (C=O) groups is 1. The summed E-state index contributed by atoms with van der Waals surface area (Å²) < 4.78 is 26.3. The standard InChI is InChI=1S/C20H34N2O3S/c1-2-3-6-26(24,25)22-5-4-15(14-22)10-19(23)21-20-11-16-7-17(12-20)9-18(8-16)13-20/h15-18H,2-14H2,1H3,(H,21,23). The fourth-order valence-electron chi connectivity index (χ4n) is 6.54. The molecule has 0 spiro atoms. The van der Waals surface area contributed by atoms with Crippen LogP contribution in [0.1, 0.15) is 71.1 Å². The quantitative estimate of drug-likeness (QED) is 0.736. The maximum Gasteiger partial charge on any atom is 0.220 e. The van der Waals surface area contributed by atoms with Crippen molar-refractivity contribution in [2.75, 3.05) is 18.8 Å². The molecule has 0 aromatic rings. The third kappa shape index (κ3) is 3.82. The van der Waals surface area contributed by atoms with Crippen LogP contribution < -0.4 is 5.32 Å². The van der Waals surface area contributed by atoms with E-state index in [-0.39, 0.29) is 23.1 Å². The summed E-state index contributed by atoms with van der Waals surface area (Å²) in [7, 11) is -3.13. The first-order valence-corrected chi connectivity index (χ1v) is 12.3. The van der Waals surface area contributed by atoms with E-state index in [0.717, 1.165) is 37.0 Å². The zero-order chi connectivity index (χ0) is 18.4. The normalized spacial score (nSPS) is 39.4. The van der Waals surface area contributed by atoms with Gasteiger partial charge in [-0.2, -0.15) is 0 Å². The highest BCUT2D eigenvalue weighted by atomic mass is 32.2. The van der Waals surface area contributed by atoms with Crippen LogP contribution in [0.2, 0.25) is 0 Å². The minimum atomic E-state index is -3.13. The molecule has 5 fully saturated rings. The topological polar surface area (TPSA) is 66.5 Å². The number of unbranched alkanes of at least 4 members (excludes halogenated alkanes) is 1. The lowest BCUT2D eigenvalue weighted by molar-refractivity contribution is -0.127. The highest BCUT2D eigenvalue weighted by Gasteiger charge is 2.51. The first-order chi connectivity index (χ1) is 12.4. The molecule has 1 saturated heterocycles. The average Bonchev–Trinajstić information content (AvgIpc) is 3.00. The van der Waals surface area contributed by atoms with Gasteiger partial charge in [0.05, 0.1) is 5.75 Å². The Morgan fingerprint density at radius 3 is 2.31 bits per heavy atom. The predicted molar refractivity (Wildman–Crippen MR) is 102 cm³/mol. The molecular formula is C20H34N2O3S. The number of amides is 1. The van der Waals surface area contributed by atoms with Gasteiger partial charge in [0.1, 0.15) is 0 Å². The molecule has 6 heteroatoms. The third-order valence-electron chi connectivity index (χ3n) is 7.31. The van der Waals surface area contributed by atoms with Gasteiger partial charge in [-0.1, -0.05) is 13.3 Å². The molecule has 0 aromatic heterocycles. The van der Waals surface area contributed by atoms with Gasteiger partial charge in [0.25, 0.3) is 0 Å². The summed E-state index contributed by atoms with van der Waals surface area (Å²) in [6.07, 6.45) is 10.6. The van der Waals surface area contributed by atoms with E-state index in [1.165, 1.54) is 38.5 Å². The zero-order valence-corrected chi connectivity index (χ0v) is 16.9. The summed E-state index contributed by atoms with van der Waals surface area (Å²) >= 11 is 0. The highest BCUT2D eigenvalue weighted by Crippen LogP contribution is 2.55. The Labute approximate surface area is 158 Å². The SMILES string of the molecule is CCCCS(=O)(=O)N1CCC(CC(=O)NC23CC4CC(CC(C4)C2)C3)C1. The number of sulfonamides is 1. The molecule has 0 aromatic carbocycles. The fourth-order valence-corrected chi connectivity index (χ4v) is 8.28. The Morgan fingerprint density at radius 2 is 1.73 bits per heavy atom. The van der Waals surface area contributed by atoms with Gasteiger partial charge in [0, 0.05) is 25.0 Å². The Bertz CT molecular complexity index is 610. The van der Waals surface area contributed by atoms with E-state index < -0.39 is 10.0 Å². The van der Waals surface area contributed by atoms with Crippen molar-refractivity contribution >= 4 is 15.9 Å². The number of hydrogen-bond donors (Lipinski definition) is 1. The molecule has 1 N–H and O–H groups in total. The van der Waals surface area contributed by atoms with Gasteiger partial charge in [-0.05, 0) is 75.0 Å². The smallest absolute Gasteiger partial charge is 0.220 e. The number of hydrogen-bond acceptors (Lipinski definition) is 3. The Balaban J connectivity index is 1.29. The molecule has 5 rings (SSSR count). The molecule has 5 aliphatic rings. The minimum absolute atomic E-state index is 0.0668. The van der Waals surface area contributed by atoms with Crippen molar-refractivity contribution in [3.8, 4) is 0 Å². The molecule has 4 saturated carbocycles. The minimum Gasteiger partial charge on any atom is -0.351 e. The lowest BCUT2D eigenvalue weighted by Gasteiger charge is -2.57. The first-order valence-electron chi connectivity index (χ1n) is 10.7. The first kappa shape index (κ1) is 18.7. The van der Waals surface area contributed by atoms with Crippen molar-refractivity contribution in [2.24, 2.45) is 23.7 Å². The van der Waals surface area contributed by atoms with E-state index in [0.29, 0.717) is 19.5 Å². The molecule has 1 heterocycles. The molecule has 5 nitrogen and oxygen atoms in total. The second kappa shape index (κ2) is 7.08. The molecule has 26 heavy (non-hydrogen) atoms. The third-order valence-corrected chi connectivity index (χ3v) is 9.24. The van der Waals surface area contributed by atoms with Crippen molar-refractivity contribution in [3.05, 3.63) is 0 Å². The van der Waals surface area contributed by atoms with E-state index in [1.54, 1.807) is 4.31 Å². The van der Waals surface area contributed by atoms with Crippen LogP contribution in [-0.4, -0.2) is 43.0 Å². The summed E-state index contributed by atoms with van der Waals surface area (Å²) in [6.45, 7) is 3.12. The van der Waals surface area contributed by atoms with E-state index in [2.05, 4.69) is 5.32 Å². The maximum atomic E-state index is 12.7. The Kier molecular flexibility index (Phi) is 5.10. The average molecular weight is 383 g/mol. The molecular weight excluding hydrogens is 348 g/mol. The predicted octanol–water partition coefficient (Wildman–Crippen LogP) is 2.91. The van der Waals surface area contributed by atoms with Crippen LogP contribution in [0.4, 0.5) is 0 Å². The van der Waals surface area contributed by atoms with Crippen LogP contribution in [0.25, 0.3) is 0 Å². The largest absolute Gasteiger partial charge is 0.351 e. The number of rotatable bonds is 7. The van der Waals surface area contributed by atoms with Gasteiger partial charge in [-0.25, -0.2) is 12.7 Å².